The van der Waals surface area contributed by atoms with Crippen LogP contribution in [0.2, 0.25) is 0 Å². The van der Waals surface area contributed by atoms with Crippen LogP contribution in [0.4, 0.5) is 13.2 Å². The Morgan fingerprint density at radius 3 is 2.40 bits per heavy atom. The van der Waals surface area contributed by atoms with E-state index in [2.05, 4.69) is 25.5 Å². The maximum absolute atomic E-state index is 13.3. The molecule has 0 aliphatic heterocycles. The predicted molar refractivity (Wildman–Crippen MR) is 134 cm³/mol. The summed E-state index contributed by atoms with van der Waals surface area (Å²) < 4.78 is 47.8. The molecule has 0 unspecified atom stereocenters. The molecule has 0 atom stereocenters. The van der Waals surface area contributed by atoms with Gasteiger partial charge in [0.05, 0.1) is 18.7 Å². The van der Waals surface area contributed by atoms with Gasteiger partial charge in [-0.15, -0.1) is 13.2 Å². The number of rotatable bonds is 8. The lowest BCUT2D eigenvalue weighted by Gasteiger charge is -2.51. The van der Waals surface area contributed by atoms with Crippen molar-refractivity contribution >= 4 is 23.4 Å². The smallest absolute Gasteiger partial charge is 0.469 e. The maximum atomic E-state index is 13.3. The van der Waals surface area contributed by atoms with Gasteiger partial charge in [0.15, 0.2) is 5.65 Å². The van der Waals surface area contributed by atoms with Gasteiger partial charge in [0, 0.05) is 25.2 Å². The number of hydrogen-bond donors (Lipinski definition) is 2. The van der Waals surface area contributed by atoms with Crippen LogP contribution in [0.3, 0.4) is 0 Å². The Morgan fingerprint density at radius 2 is 1.73 bits per heavy atom. The van der Waals surface area contributed by atoms with Crippen molar-refractivity contribution in [3.8, 4) is 5.75 Å². The van der Waals surface area contributed by atoms with Crippen LogP contribution in [-0.4, -0.2) is 52.4 Å². The zero-order valence-electron chi connectivity index (χ0n) is 21.7. The number of nitrogens with one attached hydrogen (secondary N) is 2. The summed E-state index contributed by atoms with van der Waals surface area (Å²) in [6.07, 6.45) is 1.22. The van der Waals surface area contributed by atoms with Crippen molar-refractivity contribution in [3.05, 3.63) is 59.5 Å². The highest BCUT2D eigenvalue weighted by atomic mass is 19.4. The molecule has 13 heteroatoms. The van der Waals surface area contributed by atoms with Gasteiger partial charge in [-0.2, -0.15) is 5.10 Å². The Morgan fingerprint density at radius 1 is 1.00 bits per heavy atom. The number of halogens is 3. The molecule has 3 saturated carbocycles. The van der Waals surface area contributed by atoms with Crippen LogP contribution in [-0.2, 0) is 16.1 Å². The molecule has 1 aromatic carbocycles. The van der Waals surface area contributed by atoms with Gasteiger partial charge in [0.2, 0.25) is 0 Å². The number of fused-ring (bicyclic) bond motifs is 4. The first-order chi connectivity index (χ1) is 19.0. The first kappa shape index (κ1) is 27.4. The molecule has 3 aliphatic rings. The van der Waals surface area contributed by atoms with E-state index in [-0.39, 0.29) is 35.0 Å². The zero-order valence-corrected chi connectivity index (χ0v) is 21.7. The molecule has 0 saturated heterocycles. The number of carbonyl (C=O) groups excluding carboxylic acids is 3. The lowest BCUT2D eigenvalue weighted by Crippen LogP contribution is -2.50. The number of amides is 2. The maximum Gasteiger partial charge on any atom is 0.573 e. The Bertz CT molecular complexity index is 1430. The number of carbonyl (C=O) groups is 3. The number of hydrogen-bond acceptors (Lipinski definition) is 7. The second-order valence-corrected chi connectivity index (χ2v) is 10.5. The third-order valence-electron chi connectivity index (χ3n) is 8.05. The molecule has 3 fully saturated rings. The molecule has 0 radical (unpaired) electrons. The topological polar surface area (TPSA) is 124 Å². The van der Waals surface area contributed by atoms with Gasteiger partial charge in [0.25, 0.3) is 11.8 Å². The average molecular weight is 560 g/mol. The summed E-state index contributed by atoms with van der Waals surface area (Å²) >= 11 is 0. The van der Waals surface area contributed by atoms with Crippen LogP contribution in [0, 0.1) is 10.8 Å². The fourth-order valence-corrected chi connectivity index (χ4v) is 5.73. The van der Waals surface area contributed by atoms with Crippen LogP contribution >= 0.6 is 0 Å². The van der Waals surface area contributed by atoms with Crippen LogP contribution < -0.4 is 15.4 Å². The molecule has 212 valence electrons. The number of ether oxygens (including phenoxy) is 2. The predicted octanol–water partition coefficient (Wildman–Crippen LogP) is 3.80. The van der Waals surface area contributed by atoms with Crippen molar-refractivity contribution in [3.63, 3.8) is 0 Å². The van der Waals surface area contributed by atoms with E-state index in [1.54, 1.807) is 12.1 Å². The van der Waals surface area contributed by atoms with E-state index in [4.69, 9.17) is 4.74 Å². The van der Waals surface area contributed by atoms with Gasteiger partial charge in [-0.3, -0.25) is 14.4 Å². The van der Waals surface area contributed by atoms with E-state index >= 15 is 0 Å². The molecule has 2 aromatic heterocycles. The third kappa shape index (κ3) is 5.58. The van der Waals surface area contributed by atoms with Crippen LogP contribution in [0.1, 0.15) is 65.1 Å². The second kappa shape index (κ2) is 10.4. The summed E-state index contributed by atoms with van der Waals surface area (Å²) in [7, 11) is 1.41. The number of methoxy groups -OCH3 is 1. The summed E-state index contributed by atoms with van der Waals surface area (Å²) in [6, 6.07) is 8.14. The van der Waals surface area contributed by atoms with E-state index in [0.717, 1.165) is 44.6 Å². The van der Waals surface area contributed by atoms with Crippen molar-refractivity contribution in [2.24, 2.45) is 10.8 Å². The van der Waals surface area contributed by atoms with E-state index in [1.807, 2.05) is 0 Å². The average Bonchev–Trinajstić information content (AvgIpc) is 3.43. The molecule has 3 aliphatic carbocycles. The minimum Gasteiger partial charge on any atom is -0.469 e. The Kier molecular flexibility index (Phi) is 7.15. The highest BCUT2D eigenvalue weighted by Gasteiger charge is 2.53. The van der Waals surface area contributed by atoms with E-state index in [9.17, 15) is 27.6 Å². The van der Waals surface area contributed by atoms with Gasteiger partial charge in [0.1, 0.15) is 17.1 Å². The van der Waals surface area contributed by atoms with Crippen molar-refractivity contribution < 1.29 is 37.0 Å². The quantitative estimate of drug-likeness (QED) is 0.403. The summed E-state index contributed by atoms with van der Waals surface area (Å²) in [4.78, 5) is 42.7. The first-order valence-electron chi connectivity index (χ1n) is 12.9. The fourth-order valence-electron chi connectivity index (χ4n) is 5.73. The molecule has 0 spiro atoms. The molecule has 2 N–H and O–H groups in total. The number of aromatic nitrogens is 3. The number of alkyl halides is 3. The molecule has 10 nitrogen and oxygen atoms in total. The van der Waals surface area contributed by atoms with Crippen molar-refractivity contribution in [1.82, 2.24) is 25.2 Å². The first-order valence-corrected chi connectivity index (χ1v) is 12.9. The monoisotopic (exact) mass is 559 g/mol. The zero-order chi connectivity index (χ0) is 28.5. The molecule has 6 rings (SSSR count). The SMILES string of the molecule is COC(=O)C12CCC(CNC(=O)c3cc(C(=O)NCc4cccc(OC(F)(F)F)c4)nc4ccnn34)(CC1)CC2. The molecular formula is C27H28F3N5O5. The van der Waals surface area contributed by atoms with Crippen LogP contribution in [0.5, 0.6) is 5.75 Å². The van der Waals surface area contributed by atoms with Gasteiger partial charge in [-0.25, -0.2) is 9.50 Å². The molecule has 3 aromatic rings. The molecule has 40 heavy (non-hydrogen) atoms. The van der Waals surface area contributed by atoms with Crippen molar-refractivity contribution in [2.75, 3.05) is 13.7 Å². The van der Waals surface area contributed by atoms with E-state index < -0.39 is 29.3 Å². The van der Waals surface area contributed by atoms with Crippen LogP contribution in [0.15, 0.2) is 42.6 Å². The van der Waals surface area contributed by atoms with Gasteiger partial charge in [-0.1, -0.05) is 12.1 Å². The number of esters is 1. The molecular weight excluding hydrogens is 531 g/mol. The minimum absolute atomic E-state index is 0.0443. The minimum atomic E-state index is -4.83. The molecule has 2 amide bonds. The van der Waals surface area contributed by atoms with Crippen molar-refractivity contribution in [1.29, 1.82) is 0 Å². The largest absolute Gasteiger partial charge is 0.573 e. The fraction of sp³-hybridized carbons (Fsp3) is 0.444. The van der Waals surface area contributed by atoms with E-state index in [0.29, 0.717) is 12.1 Å². The Balaban J connectivity index is 1.26. The Hall–Kier alpha value is -4.16. The summed E-state index contributed by atoms with van der Waals surface area (Å²) in [5.74, 6) is -1.59. The highest BCUT2D eigenvalue weighted by molar-refractivity contribution is 5.98. The normalized spacial score (nSPS) is 22.1. The third-order valence-corrected chi connectivity index (χ3v) is 8.05. The highest BCUT2D eigenvalue weighted by Crippen LogP contribution is 2.57. The number of nitrogens with zero attached hydrogens (tertiary/aromatic N) is 3. The summed E-state index contributed by atoms with van der Waals surface area (Å²) in [5.41, 5.74) is 0.224. The molecule has 2 bridgehead atoms. The number of benzene rings is 1. The standard InChI is InChI=1S/C27H28F3N5O5/c1-39-24(38)26-9-6-25(7-10-26,8-11-26)16-32-23(37)20-14-19(34-21-5-12-33-35(20)21)22(36)31-15-17-3-2-4-18(13-17)40-27(28,29)30/h2-5,12-14H,6-11,15-16H2,1H3,(H,31,36)(H,32,37). The summed E-state index contributed by atoms with van der Waals surface area (Å²) in [6.45, 7) is 0.336. The Labute approximate surface area is 227 Å². The van der Waals surface area contributed by atoms with Gasteiger partial charge >= 0.3 is 12.3 Å². The van der Waals surface area contributed by atoms with Gasteiger partial charge in [-0.05, 0) is 61.6 Å². The van der Waals surface area contributed by atoms with Crippen LogP contribution in [0.25, 0.3) is 5.65 Å². The van der Waals surface area contributed by atoms with Gasteiger partial charge < -0.3 is 20.1 Å². The second-order valence-electron chi connectivity index (χ2n) is 10.5. The van der Waals surface area contributed by atoms with Crippen molar-refractivity contribution in [2.45, 2.75) is 51.4 Å². The molecule has 2 heterocycles. The lowest BCUT2D eigenvalue weighted by molar-refractivity contribution is -0.274. The lowest BCUT2D eigenvalue weighted by atomic mass is 9.53. The summed E-state index contributed by atoms with van der Waals surface area (Å²) in [5, 5.41) is 9.76. The van der Waals surface area contributed by atoms with E-state index in [1.165, 1.54) is 36.0 Å².